The van der Waals surface area contributed by atoms with Gasteiger partial charge in [0.15, 0.2) is 0 Å². The molecule has 108 valence electrons. The second-order valence-electron chi connectivity index (χ2n) is 5.43. The molecule has 2 fully saturated rings. The molecule has 0 aromatic heterocycles. The SMILES string of the molecule is COC1CCN(C(=O)NC2CCC(C(=O)O)CC2)C1. The molecule has 0 aromatic rings. The molecule has 6 nitrogen and oxygen atoms in total. The minimum Gasteiger partial charge on any atom is -0.481 e. The predicted molar refractivity (Wildman–Crippen MR) is 68.9 cm³/mol. The Morgan fingerprint density at radius 1 is 1.21 bits per heavy atom. The van der Waals surface area contributed by atoms with Crippen molar-refractivity contribution < 1.29 is 19.4 Å². The Labute approximate surface area is 113 Å². The Bertz CT molecular complexity index is 340. The van der Waals surface area contributed by atoms with Crippen LogP contribution in [0.5, 0.6) is 0 Å². The number of aliphatic carboxylic acids is 1. The molecule has 1 saturated carbocycles. The van der Waals surface area contributed by atoms with E-state index in [0.717, 1.165) is 25.8 Å². The van der Waals surface area contributed by atoms with Crippen molar-refractivity contribution in [2.24, 2.45) is 5.92 Å². The van der Waals surface area contributed by atoms with Crippen LogP contribution in [0.15, 0.2) is 0 Å². The van der Waals surface area contributed by atoms with Gasteiger partial charge in [0.25, 0.3) is 0 Å². The number of carbonyl (C=O) groups is 2. The fraction of sp³-hybridized carbons (Fsp3) is 0.846. The maximum absolute atomic E-state index is 12.0. The van der Waals surface area contributed by atoms with Crippen molar-refractivity contribution >= 4 is 12.0 Å². The van der Waals surface area contributed by atoms with Crippen LogP contribution in [0.3, 0.4) is 0 Å². The normalized spacial score (nSPS) is 31.2. The van der Waals surface area contributed by atoms with Crippen LogP contribution >= 0.6 is 0 Å². The van der Waals surface area contributed by atoms with Gasteiger partial charge in [-0.05, 0) is 32.1 Å². The van der Waals surface area contributed by atoms with E-state index < -0.39 is 5.97 Å². The van der Waals surface area contributed by atoms with Crippen LogP contribution < -0.4 is 5.32 Å². The van der Waals surface area contributed by atoms with Crippen LogP contribution in [0.2, 0.25) is 0 Å². The van der Waals surface area contributed by atoms with Gasteiger partial charge in [-0.1, -0.05) is 0 Å². The maximum Gasteiger partial charge on any atom is 0.317 e. The third-order valence-corrected chi connectivity index (χ3v) is 4.17. The van der Waals surface area contributed by atoms with Gasteiger partial charge < -0.3 is 20.1 Å². The Kier molecular flexibility index (Phi) is 4.63. The molecule has 2 N–H and O–H groups in total. The molecular weight excluding hydrogens is 248 g/mol. The average molecular weight is 270 g/mol. The first-order valence-electron chi connectivity index (χ1n) is 6.91. The smallest absolute Gasteiger partial charge is 0.317 e. The topological polar surface area (TPSA) is 78.9 Å². The summed E-state index contributed by atoms with van der Waals surface area (Å²) in [4.78, 5) is 24.7. The lowest BCUT2D eigenvalue weighted by Gasteiger charge is -2.28. The zero-order valence-corrected chi connectivity index (χ0v) is 11.3. The van der Waals surface area contributed by atoms with Gasteiger partial charge >= 0.3 is 12.0 Å². The third-order valence-electron chi connectivity index (χ3n) is 4.17. The van der Waals surface area contributed by atoms with E-state index >= 15 is 0 Å². The molecule has 1 aliphatic carbocycles. The van der Waals surface area contributed by atoms with Gasteiger partial charge in [0, 0.05) is 26.2 Å². The number of hydrogen-bond acceptors (Lipinski definition) is 3. The first-order chi connectivity index (χ1) is 9.10. The summed E-state index contributed by atoms with van der Waals surface area (Å²) in [6.45, 7) is 1.38. The van der Waals surface area contributed by atoms with E-state index in [9.17, 15) is 9.59 Å². The van der Waals surface area contributed by atoms with E-state index in [4.69, 9.17) is 9.84 Å². The lowest BCUT2D eigenvalue weighted by molar-refractivity contribution is -0.142. The van der Waals surface area contributed by atoms with E-state index in [-0.39, 0.29) is 24.1 Å². The van der Waals surface area contributed by atoms with Gasteiger partial charge in [-0.15, -0.1) is 0 Å². The van der Waals surface area contributed by atoms with Crippen LogP contribution in [-0.2, 0) is 9.53 Å². The Morgan fingerprint density at radius 3 is 2.42 bits per heavy atom. The van der Waals surface area contributed by atoms with Crippen LogP contribution in [0, 0.1) is 5.92 Å². The molecule has 6 heteroatoms. The standard InChI is InChI=1S/C13H22N2O4/c1-19-11-6-7-15(8-11)13(18)14-10-4-2-9(3-5-10)12(16)17/h9-11H,2-8H2,1H3,(H,14,18)(H,16,17). The summed E-state index contributed by atoms with van der Waals surface area (Å²) in [6, 6.07) is 0.0722. The number of carboxylic acids is 1. The maximum atomic E-state index is 12.0. The van der Waals surface area contributed by atoms with Crippen molar-refractivity contribution in [2.45, 2.75) is 44.2 Å². The van der Waals surface area contributed by atoms with E-state index in [1.54, 1.807) is 12.0 Å². The zero-order valence-electron chi connectivity index (χ0n) is 11.3. The molecule has 1 heterocycles. The van der Waals surface area contributed by atoms with Gasteiger partial charge in [-0.3, -0.25) is 4.79 Å². The van der Waals surface area contributed by atoms with E-state index in [1.165, 1.54) is 0 Å². The van der Waals surface area contributed by atoms with Gasteiger partial charge in [-0.2, -0.15) is 0 Å². The minimum absolute atomic E-state index is 0.0432. The number of hydrogen-bond donors (Lipinski definition) is 2. The first kappa shape index (κ1) is 14.1. The van der Waals surface area contributed by atoms with Gasteiger partial charge in [0.05, 0.1) is 12.0 Å². The number of carboxylic acid groups (broad SMARTS) is 1. The minimum atomic E-state index is -0.716. The summed E-state index contributed by atoms with van der Waals surface area (Å²) >= 11 is 0. The van der Waals surface area contributed by atoms with Gasteiger partial charge in [0.1, 0.15) is 0 Å². The third kappa shape index (κ3) is 3.59. The number of ether oxygens (including phenoxy) is 1. The summed E-state index contributed by atoms with van der Waals surface area (Å²) in [5.74, 6) is -0.954. The lowest BCUT2D eigenvalue weighted by Crippen LogP contribution is -2.45. The largest absolute Gasteiger partial charge is 0.481 e. The van der Waals surface area contributed by atoms with Gasteiger partial charge in [0.2, 0.25) is 0 Å². The Balaban J connectivity index is 1.73. The van der Waals surface area contributed by atoms with Crippen LogP contribution in [0.25, 0.3) is 0 Å². The summed E-state index contributed by atoms with van der Waals surface area (Å²) < 4.78 is 5.24. The van der Waals surface area contributed by atoms with Crippen molar-refractivity contribution in [3.05, 3.63) is 0 Å². The van der Waals surface area contributed by atoms with Gasteiger partial charge in [-0.25, -0.2) is 4.79 Å². The highest BCUT2D eigenvalue weighted by Crippen LogP contribution is 2.24. The molecule has 19 heavy (non-hydrogen) atoms. The van der Waals surface area contributed by atoms with Crippen molar-refractivity contribution in [3.63, 3.8) is 0 Å². The number of rotatable bonds is 3. The quantitative estimate of drug-likeness (QED) is 0.803. The lowest BCUT2D eigenvalue weighted by atomic mass is 9.86. The highest BCUT2D eigenvalue weighted by Gasteiger charge is 2.30. The molecular formula is C13H22N2O4. The molecule has 2 rings (SSSR count). The number of urea groups is 1. The van der Waals surface area contributed by atoms with Crippen LogP contribution in [-0.4, -0.2) is 54.4 Å². The van der Waals surface area contributed by atoms with E-state index in [0.29, 0.717) is 19.4 Å². The summed E-state index contributed by atoms with van der Waals surface area (Å²) in [7, 11) is 1.67. The first-order valence-corrected chi connectivity index (χ1v) is 6.91. The Hall–Kier alpha value is -1.30. The number of likely N-dealkylation sites (tertiary alicyclic amines) is 1. The fourth-order valence-corrected chi connectivity index (χ4v) is 2.86. The van der Waals surface area contributed by atoms with Crippen LogP contribution in [0.4, 0.5) is 4.79 Å². The van der Waals surface area contributed by atoms with E-state index in [1.807, 2.05) is 0 Å². The summed E-state index contributed by atoms with van der Waals surface area (Å²) in [5.41, 5.74) is 0. The number of amides is 2. The summed E-state index contributed by atoms with van der Waals surface area (Å²) in [5, 5.41) is 11.9. The van der Waals surface area contributed by atoms with Crippen molar-refractivity contribution in [3.8, 4) is 0 Å². The Morgan fingerprint density at radius 2 is 1.89 bits per heavy atom. The molecule has 0 bridgehead atoms. The average Bonchev–Trinajstić information content (AvgIpc) is 2.88. The predicted octanol–water partition coefficient (Wildman–Crippen LogP) is 1.06. The molecule has 1 unspecified atom stereocenters. The van der Waals surface area contributed by atoms with Crippen molar-refractivity contribution in [1.82, 2.24) is 10.2 Å². The zero-order chi connectivity index (χ0) is 13.8. The van der Waals surface area contributed by atoms with Crippen molar-refractivity contribution in [1.29, 1.82) is 0 Å². The molecule has 1 saturated heterocycles. The highest BCUT2D eigenvalue weighted by molar-refractivity contribution is 5.75. The molecule has 0 aromatic carbocycles. The molecule has 0 spiro atoms. The van der Waals surface area contributed by atoms with Crippen molar-refractivity contribution in [2.75, 3.05) is 20.2 Å². The molecule has 1 atom stereocenters. The second-order valence-corrected chi connectivity index (χ2v) is 5.43. The number of nitrogens with zero attached hydrogens (tertiary/aromatic N) is 1. The van der Waals surface area contributed by atoms with E-state index in [2.05, 4.69) is 5.32 Å². The molecule has 2 aliphatic rings. The number of nitrogens with one attached hydrogen (secondary N) is 1. The molecule has 1 aliphatic heterocycles. The molecule has 2 amide bonds. The number of methoxy groups -OCH3 is 1. The van der Waals surface area contributed by atoms with Crippen LogP contribution in [0.1, 0.15) is 32.1 Å². The fourth-order valence-electron chi connectivity index (χ4n) is 2.86. The summed E-state index contributed by atoms with van der Waals surface area (Å²) in [6.07, 6.45) is 3.85. The monoisotopic (exact) mass is 270 g/mol. The second kappa shape index (κ2) is 6.23. The highest BCUT2D eigenvalue weighted by atomic mass is 16.5. The molecule has 0 radical (unpaired) electrons. The number of carbonyl (C=O) groups excluding carboxylic acids is 1.